The van der Waals surface area contributed by atoms with Gasteiger partial charge in [0, 0.05) is 39.5 Å². The number of carbonyl (C=O) groups excluding carboxylic acids is 1. The second kappa shape index (κ2) is 5.95. The molecule has 0 aliphatic heterocycles. The smallest absolute Gasteiger partial charge is 0.190 e. The van der Waals surface area contributed by atoms with Gasteiger partial charge in [0.25, 0.3) is 0 Å². The van der Waals surface area contributed by atoms with Crippen LogP contribution in [0, 0.1) is 0 Å². The van der Waals surface area contributed by atoms with Crippen molar-refractivity contribution >= 4 is 33.2 Å². The molecule has 0 radical (unpaired) electrons. The first kappa shape index (κ1) is 16.1. The van der Waals surface area contributed by atoms with Crippen molar-refractivity contribution in [3.63, 3.8) is 0 Å². The van der Waals surface area contributed by atoms with E-state index < -0.39 is 0 Å². The molecule has 0 saturated carbocycles. The summed E-state index contributed by atoms with van der Waals surface area (Å²) >= 11 is 0. The summed E-state index contributed by atoms with van der Waals surface area (Å²) in [5.74, 6) is 0.182. The lowest BCUT2D eigenvalue weighted by atomic mass is 9.96. The second-order valence-electron chi connectivity index (χ2n) is 7.08. The number of hydrogen-bond donors (Lipinski definition) is 0. The second-order valence-corrected chi connectivity index (χ2v) is 7.08. The van der Waals surface area contributed by atoms with Gasteiger partial charge in [0.2, 0.25) is 0 Å². The molecule has 3 aromatic carbocycles. The molecule has 0 N–H and O–H groups in total. The standard InChI is InChI=1S/C25H21NO/c1-3-17-24(16-10-6-5-7-11-16)20-15-23-19(14-21(20)25(17)27)18-12-8-9-13-22(18)26(23)4-2/h5-15H,3-4H2,1-2H3. The van der Waals surface area contributed by atoms with Crippen molar-refractivity contribution in [1.82, 2.24) is 4.57 Å². The monoisotopic (exact) mass is 351 g/mol. The molecule has 0 fully saturated rings. The van der Waals surface area contributed by atoms with Crippen LogP contribution in [0.5, 0.6) is 0 Å². The predicted octanol–water partition coefficient (Wildman–Crippen LogP) is 6.22. The molecule has 2 heteroatoms. The minimum atomic E-state index is 0.182. The maximum Gasteiger partial charge on any atom is 0.190 e. The lowest BCUT2D eigenvalue weighted by molar-refractivity contribution is 0.103. The fraction of sp³-hybridized carbons (Fsp3) is 0.160. The van der Waals surface area contributed by atoms with Crippen molar-refractivity contribution < 1.29 is 4.79 Å². The highest BCUT2D eigenvalue weighted by molar-refractivity contribution is 6.25. The van der Waals surface area contributed by atoms with Crippen LogP contribution < -0.4 is 0 Å². The first-order chi connectivity index (χ1) is 13.2. The molecule has 0 amide bonds. The molecular weight excluding hydrogens is 330 g/mol. The topological polar surface area (TPSA) is 22.0 Å². The molecule has 0 atom stereocenters. The summed E-state index contributed by atoms with van der Waals surface area (Å²) in [5, 5.41) is 2.39. The van der Waals surface area contributed by atoms with Gasteiger partial charge in [-0.15, -0.1) is 0 Å². The minimum Gasteiger partial charge on any atom is -0.341 e. The van der Waals surface area contributed by atoms with Gasteiger partial charge in [-0.2, -0.15) is 0 Å². The molecule has 1 aliphatic rings. The zero-order chi connectivity index (χ0) is 18.5. The van der Waals surface area contributed by atoms with Crippen LogP contribution in [0.15, 0.2) is 72.3 Å². The summed E-state index contributed by atoms with van der Waals surface area (Å²) in [4.78, 5) is 13.2. The van der Waals surface area contributed by atoms with Crippen molar-refractivity contribution in [3.8, 4) is 0 Å². The lowest BCUT2D eigenvalue weighted by Gasteiger charge is -2.09. The Morgan fingerprint density at radius 1 is 0.778 bits per heavy atom. The predicted molar refractivity (Wildman–Crippen MR) is 112 cm³/mol. The Labute approximate surface area is 158 Å². The zero-order valence-corrected chi connectivity index (χ0v) is 15.6. The fourth-order valence-electron chi connectivity index (χ4n) is 4.54. The molecule has 0 spiro atoms. The van der Waals surface area contributed by atoms with Crippen LogP contribution in [0.1, 0.15) is 41.8 Å². The number of aryl methyl sites for hydroxylation is 1. The number of fused-ring (bicyclic) bond motifs is 4. The van der Waals surface area contributed by atoms with Gasteiger partial charge in [-0.05, 0) is 48.2 Å². The first-order valence-electron chi connectivity index (χ1n) is 9.63. The Morgan fingerprint density at radius 2 is 1.52 bits per heavy atom. The number of rotatable bonds is 3. The third kappa shape index (κ3) is 2.16. The quantitative estimate of drug-likeness (QED) is 0.429. The van der Waals surface area contributed by atoms with Crippen LogP contribution in [-0.2, 0) is 6.54 Å². The van der Waals surface area contributed by atoms with Crippen LogP contribution >= 0.6 is 0 Å². The van der Waals surface area contributed by atoms with Crippen LogP contribution in [0.25, 0.3) is 27.4 Å². The number of nitrogens with zero attached hydrogens (tertiary/aromatic N) is 1. The van der Waals surface area contributed by atoms with Gasteiger partial charge < -0.3 is 4.57 Å². The maximum atomic E-state index is 13.2. The van der Waals surface area contributed by atoms with E-state index in [-0.39, 0.29) is 5.78 Å². The van der Waals surface area contributed by atoms with Gasteiger partial charge in [-0.3, -0.25) is 4.79 Å². The zero-order valence-electron chi connectivity index (χ0n) is 15.6. The van der Waals surface area contributed by atoms with E-state index >= 15 is 0 Å². The number of hydrogen-bond acceptors (Lipinski definition) is 1. The van der Waals surface area contributed by atoms with Crippen molar-refractivity contribution in [2.24, 2.45) is 0 Å². The summed E-state index contributed by atoms with van der Waals surface area (Å²) < 4.78 is 2.35. The average molecular weight is 351 g/mol. The van der Waals surface area contributed by atoms with Gasteiger partial charge in [-0.1, -0.05) is 55.5 Å². The molecule has 1 aromatic heterocycles. The first-order valence-corrected chi connectivity index (χ1v) is 9.63. The van der Waals surface area contributed by atoms with Crippen molar-refractivity contribution in [3.05, 3.63) is 89.0 Å². The highest BCUT2D eigenvalue weighted by Gasteiger charge is 2.30. The van der Waals surface area contributed by atoms with Crippen molar-refractivity contribution in [2.75, 3.05) is 0 Å². The Bertz CT molecular complexity index is 1240. The summed E-state index contributed by atoms with van der Waals surface area (Å²) in [6.45, 7) is 5.15. The van der Waals surface area contributed by atoms with Gasteiger partial charge in [0.1, 0.15) is 0 Å². The number of para-hydroxylation sites is 1. The Kier molecular flexibility index (Phi) is 3.54. The number of allylic oxidation sites excluding steroid dienone is 1. The van der Waals surface area contributed by atoms with Gasteiger partial charge in [0.05, 0.1) is 0 Å². The third-order valence-electron chi connectivity index (χ3n) is 5.73. The van der Waals surface area contributed by atoms with E-state index in [1.54, 1.807) is 0 Å². The van der Waals surface area contributed by atoms with E-state index in [1.807, 2.05) is 18.2 Å². The number of aromatic nitrogens is 1. The molecule has 2 nitrogen and oxygen atoms in total. The Hall–Kier alpha value is -3.13. The molecule has 5 rings (SSSR count). The third-order valence-corrected chi connectivity index (χ3v) is 5.73. The highest BCUT2D eigenvalue weighted by Crippen LogP contribution is 2.42. The van der Waals surface area contributed by atoms with E-state index in [1.165, 1.54) is 21.8 Å². The van der Waals surface area contributed by atoms with Crippen LogP contribution in [0.4, 0.5) is 0 Å². The summed E-state index contributed by atoms with van der Waals surface area (Å²) in [7, 11) is 0. The van der Waals surface area contributed by atoms with Crippen molar-refractivity contribution in [1.29, 1.82) is 0 Å². The maximum absolute atomic E-state index is 13.2. The molecule has 27 heavy (non-hydrogen) atoms. The Balaban J connectivity index is 1.88. The van der Waals surface area contributed by atoms with Gasteiger partial charge in [0.15, 0.2) is 5.78 Å². The molecule has 4 aromatic rings. The van der Waals surface area contributed by atoms with Crippen LogP contribution in [-0.4, -0.2) is 10.4 Å². The molecule has 0 bridgehead atoms. The summed E-state index contributed by atoms with van der Waals surface area (Å²) in [5.41, 5.74) is 7.51. The molecule has 0 saturated heterocycles. The highest BCUT2D eigenvalue weighted by atomic mass is 16.1. The normalized spacial score (nSPS) is 13.8. The van der Waals surface area contributed by atoms with Crippen LogP contribution in [0.3, 0.4) is 0 Å². The van der Waals surface area contributed by atoms with Crippen LogP contribution in [0.2, 0.25) is 0 Å². The van der Waals surface area contributed by atoms with E-state index in [9.17, 15) is 4.79 Å². The Morgan fingerprint density at radius 3 is 2.26 bits per heavy atom. The average Bonchev–Trinajstić information content (AvgIpc) is 3.18. The molecule has 1 heterocycles. The summed E-state index contributed by atoms with van der Waals surface area (Å²) in [6, 6.07) is 23.1. The number of Topliss-reactive ketones (excluding diaryl/α,β-unsaturated/α-hetero) is 1. The molecule has 132 valence electrons. The molecular formula is C25H21NO. The number of carbonyl (C=O) groups is 1. The number of ketones is 1. The minimum absolute atomic E-state index is 0.182. The van der Waals surface area contributed by atoms with Gasteiger partial charge >= 0.3 is 0 Å². The van der Waals surface area contributed by atoms with Gasteiger partial charge in [-0.25, -0.2) is 0 Å². The molecule has 0 unspecified atom stereocenters. The SMILES string of the molecule is CCC1=C(c2ccccc2)c2cc3c(cc2C1=O)c1ccccc1n3CC. The molecule has 1 aliphatic carbocycles. The fourth-order valence-corrected chi connectivity index (χ4v) is 4.54. The van der Waals surface area contributed by atoms with E-state index in [4.69, 9.17) is 0 Å². The van der Waals surface area contributed by atoms with E-state index in [0.717, 1.165) is 40.8 Å². The van der Waals surface area contributed by atoms with E-state index in [2.05, 4.69) is 66.9 Å². The van der Waals surface area contributed by atoms with Crippen molar-refractivity contribution in [2.45, 2.75) is 26.8 Å². The summed E-state index contributed by atoms with van der Waals surface area (Å²) in [6.07, 6.45) is 0.747. The number of benzene rings is 3. The van der Waals surface area contributed by atoms with E-state index in [0.29, 0.717) is 0 Å². The largest absolute Gasteiger partial charge is 0.341 e. The lowest BCUT2D eigenvalue weighted by Crippen LogP contribution is -1.98.